The van der Waals surface area contributed by atoms with Crippen LogP contribution in [-0.4, -0.2) is 16.1 Å². The first-order valence-electron chi connectivity index (χ1n) is 6.02. The van der Waals surface area contributed by atoms with E-state index in [1.165, 1.54) is 31.4 Å². The average Bonchev–Trinajstić information content (AvgIpc) is 2.85. The predicted molar refractivity (Wildman–Crippen MR) is 61.6 cm³/mol. The lowest BCUT2D eigenvalue weighted by Gasteiger charge is -2.24. The summed E-state index contributed by atoms with van der Waals surface area (Å²) in [6.45, 7) is 3.21. The smallest absolute Gasteiger partial charge is 0.0946 e. The maximum Gasteiger partial charge on any atom is 0.0946 e. The van der Waals surface area contributed by atoms with Crippen molar-refractivity contribution in [3.05, 3.63) is 18.2 Å². The molecule has 1 aliphatic rings. The van der Waals surface area contributed by atoms with Crippen LogP contribution in [0.3, 0.4) is 0 Å². The first-order valence-corrected chi connectivity index (χ1v) is 6.02. The molecule has 2 rings (SSSR count). The Bertz CT molecular complexity index is 300. The van der Waals surface area contributed by atoms with E-state index in [0.29, 0.717) is 6.04 Å². The van der Waals surface area contributed by atoms with E-state index in [2.05, 4.69) is 28.8 Å². The molecule has 1 aromatic heterocycles. The lowest BCUT2D eigenvalue weighted by atomic mass is 9.95. The molecule has 0 saturated heterocycles. The van der Waals surface area contributed by atoms with Crippen LogP contribution in [-0.2, 0) is 7.05 Å². The van der Waals surface area contributed by atoms with Crippen molar-refractivity contribution in [1.29, 1.82) is 0 Å². The summed E-state index contributed by atoms with van der Waals surface area (Å²) in [5.41, 5.74) is 1.34. The van der Waals surface area contributed by atoms with Crippen molar-refractivity contribution in [3.8, 4) is 0 Å². The normalized spacial score (nSPS) is 19.6. The zero-order chi connectivity index (χ0) is 10.7. The Kier molecular flexibility index (Phi) is 3.41. The van der Waals surface area contributed by atoms with Gasteiger partial charge in [0.25, 0.3) is 0 Å². The SMILES string of the molecule is CCNC(c1cncn1C)C1CCCC1. The summed E-state index contributed by atoms with van der Waals surface area (Å²) in [6, 6.07) is 0.505. The van der Waals surface area contributed by atoms with Crippen LogP contribution in [0.15, 0.2) is 12.5 Å². The van der Waals surface area contributed by atoms with Gasteiger partial charge >= 0.3 is 0 Å². The standard InChI is InChI=1S/C12H21N3/c1-3-14-12(10-6-4-5-7-10)11-8-13-9-15(11)2/h8-10,12,14H,3-7H2,1-2H3. The van der Waals surface area contributed by atoms with Crippen LogP contribution in [0, 0.1) is 5.92 Å². The van der Waals surface area contributed by atoms with Gasteiger partial charge in [-0.2, -0.15) is 0 Å². The van der Waals surface area contributed by atoms with Crippen molar-refractivity contribution in [2.24, 2.45) is 13.0 Å². The van der Waals surface area contributed by atoms with Gasteiger partial charge < -0.3 is 9.88 Å². The van der Waals surface area contributed by atoms with Crippen LogP contribution in [0.4, 0.5) is 0 Å². The Labute approximate surface area is 91.9 Å². The number of imidazole rings is 1. The molecule has 1 aromatic rings. The largest absolute Gasteiger partial charge is 0.336 e. The van der Waals surface area contributed by atoms with Gasteiger partial charge in [-0.3, -0.25) is 0 Å². The minimum Gasteiger partial charge on any atom is -0.336 e. The molecular weight excluding hydrogens is 186 g/mol. The van der Waals surface area contributed by atoms with E-state index in [9.17, 15) is 0 Å². The van der Waals surface area contributed by atoms with Crippen molar-refractivity contribution < 1.29 is 0 Å². The Morgan fingerprint density at radius 2 is 2.27 bits per heavy atom. The van der Waals surface area contributed by atoms with Crippen LogP contribution in [0.5, 0.6) is 0 Å². The lowest BCUT2D eigenvalue weighted by molar-refractivity contribution is 0.360. The Hall–Kier alpha value is -0.830. The molecule has 1 atom stereocenters. The van der Waals surface area contributed by atoms with E-state index in [0.717, 1.165) is 12.5 Å². The topological polar surface area (TPSA) is 29.9 Å². The number of hydrogen-bond acceptors (Lipinski definition) is 2. The van der Waals surface area contributed by atoms with E-state index in [1.54, 1.807) is 0 Å². The van der Waals surface area contributed by atoms with Crippen LogP contribution >= 0.6 is 0 Å². The fourth-order valence-electron chi connectivity index (χ4n) is 2.69. The molecule has 1 aliphatic carbocycles. The predicted octanol–water partition coefficient (Wildman–Crippen LogP) is 2.26. The summed E-state index contributed by atoms with van der Waals surface area (Å²) < 4.78 is 2.14. The molecule has 84 valence electrons. The Morgan fingerprint density at radius 1 is 1.53 bits per heavy atom. The minimum absolute atomic E-state index is 0.505. The van der Waals surface area contributed by atoms with Gasteiger partial charge in [0.05, 0.1) is 18.1 Å². The number of rotatable bonds is 4. The molecule has 0 aromatic carbocycles. The zero-order valence-corrected chi connectivity index (χ0v) is 9.74. The molecule has 3 heteroatoms. The highest BCUT2D eigenvalue weighted by Gasteiger charge is 2.27. The molecule has 1 unspecified atom stereocenters. The molecule has 0 amide bonds. The van der Waals surface area contributed by atoms with Gasteiger partial charge in [0.1, 0.15) is 0 Å². The molecule has 1 saturated carbocycles. The third kappa shape index (κ3) is 2.23. The molecule has 1 heterocycles. The van der Waals surface area contributed by atoms with Crippen molar-refractivity contribution in [2.75, 3.05) is 6.54 Å². The number of hydrogen-bond donors (Lipinski definition) is 1. The monoisotopic (exact) mass is 207 g/mol. The zero-order valence-electron chi connectivity index (χ0n) is 9.74. The first kappa shape index (κ1) is 10.7. The summed E-state index contributed by atoms with van der Waals surface area (Å²) in [5.74, 6) is 0.806. The third-order valence-electron chi connectivity index (χ3n) is 3.47. The highest BCUT2D eigenvalue weighted by molar-refractivity contribution is 5.07. The molecule has 0 bridgehead atoms. The van der Waals surface area contributed by atoms with Crippen molar-refractivity contribution in [3.63, 3.8) is 0 Å². The summed E-state index contributed by atoms with van der Waals surface area (Å²) in [7, 11) is 2.08. The molecule has 0 spiro atoms. The van der Waals surface area contributed by atoms with E-state index in [1.807, 2.05) is 12.5 Å². The Morgan fingerprint density at radius 3 is 2.80 bits per heavy atom. The number of aromatic nitrogens is 2. The van der Waals surface area contributed by atoms with Crippen molar-refractivity contribution >= 4 is 0 Å². The van der Waals surface area contributed by atoms with Gasteiger partial charge in [0.15, 0.2) is 0 Å². The van der Waals surface area contributed by atoms with Gasteiger partial charge in [-0.05, 0) is 25.3 Å². The maximum absolute atomic E-state index is 4.22. The molecule has 3 nitrogen and oxygen atoms in total. The summed E-state index contributed by atoms with van der Waals surface area (Å²) >= 11 is 0. The second kappa shape index (κ2) is 4.79. The number of nitrogens with zero attached hydrogens (tertiary/aromatic N) is 2. The highest BCUT2D eigenvalue weighted by Crippen LogP contribution is 2.35. The second-order valence-corrected chi connectivity index (χ2v) is 4.51. The highest BCUT2D eigenvalue weighted by atomic mass is 15.1. The molecule has 0 radical (unpaired) electrons. The van der Waals surface area contributed by atoms with Gasteiger partial charge in [-0.15, -0.1) is 0 Å². The van der Waals surface area contributed by atoms with E-state index >= 15 is 0 Å². The van der Waals surface area contributed by atoms with Crippen molar-refractivity contribution in [2.45, 2.75) is 38.6 Å². The summed E-state index contributed by atoms with van der Waals surface area (Å²) in [4.78, 5) is 4.22. The molecular formula is C12H21N3. The van der Waals surface area contributed by atoms with E-state index in [-0.39, 0.29) is 0 Å². The fraction of sp³-hybridized carbons (Fsp3) is 0.750. The van der Waals surface area contributed by atoms with Gasteiger partial charge in [0.2, 0.25) is 0 Å². The van der Waals surface area contributed by atoms with Crippen LogP contribution in [0.2, 0.25) is 0 Å². The molecule has 15 heavy (non-hydrogen) atoms. The molecule has 0 aliphatic heterocycles. The van der Waals surface area contributed by atoms with Gasteiger partial charge in [-0.25, -0.2) is 4.98 Å². The number of nitrogens with one attached hydrogen (secondary N) is 1. The van der Waals surface area contributed by atoms with E-state index in [4.69, 9.17) is 0 Å². The number of aryl methyl sites for hydroxylation is 1. The van der Waals surface area contributed by atoms with Crippen LogP contribution in [0.1, 0.15) is 44.3 Å². The first-order chi connectivity index (χ1) is 7.33. The third-order valence-corrected chi connectivity index (χ3v) is 3.47. The minimum atomic E-state index is 0.505. The van der Waals surface area contributed by atoms with Gasteiger partial charge in [-0.1, -0.05) is 19.8 Å². The van der Waals surface area contributed by atoms with E-state index < -0.39 is 0 Å². The maximum atomic E-state index is 4.22. The Balaban J connectivity index is 2.15. The molecule has 1 N–H and O–H groups in total. The second-order valence-electron chi connectivity index (χ2n) is 4.51. The van der Waals surface area contributed by atoms with Crippen molar-refractivity contribution in [1.82, 2.24) is 14.9 Å². The van der Waals surface area contributed by atoms with Crippen LogP contribution in [0.25, 0.3) is 0 Å². The lowest BCUT2D eigenvalue weighted by Crippen LogP contribution is -2.28. The van der Waals surface area contributed by atoms with Crippen LogP contribution < -0.4 is 5.32 Å². The van der Waals surface area contributed by atoms with Gasteiger partial charge in [0, 0.05) is 13.2 Å². The fourth-order valence-corrected chi connectivity index (χ4v) is 2.69. The average molecular weight is 207 g/mol. The molecule has 1 fully saturated rings. The quantitative estimate of drug-likeness (QED) is 0.820. The summed E-state index contributed by atoms with van der Waals surface area (Å²) in [5, 5.41) is 3.61. The summed E-state index contributed by atoms with van der Waals surface area (Å²) in [6.07, 6.45) is 9.42.